The number of aromatic nitrogens is 3. The molecule has 116 valence electrons. The van der Waals surface area contributed by atoms with Gasteiger partial charge in [-0.3, -0.25) is 4.79 Å². The average molecular weight is 309 g/mol. The Morgan fingerprint density at radius 1 is 1.33 bits per heavy atom. The lowest BCUT2D eigenvalue weighted by molar-refractivity contribution is -0.127. The molecule has 0 spiro atoms. The van der Waals surface area contributed by atoms with E-state index in [4.69, 9.17) is 0 Å². The van der Waals surface area contributed by atoms with Gasteiger partial charge in [0.05, 0.1) is 5.75 Å². The summed E-state index contributed by atoms with van der Waals surface area (Å²) in [6.45, 7) is 3.90. The molecule has 0 saturated carbocycles. The van der Waals surface area contributed by atoms with Gasteiger partial charge >= 0.3 is 0 Å². The van der Waals surface area contributed by atoms with Crippen LogP contribution in [0.25, 0.3) is 0 Å². The third-order valence-corrected chi connectivity index (χ3v) is 5.32. The van der Waals surface area contributed by atoms with Gasteiger partial charge in [-0.05, 0) is 32.2 Å². The summed E-state index contributed by atoms with van der Waals surface area (Å²) >= 11 is 1.50. The highest BCUT2D eigenvalue weighted by molar-refractivity contribution is 7.99. The van der Waals surface area contributed by atoms with E-state index in [-0.39, 0.29) is 5.91 Å². The van der Waals surface area contributed by atoms with Gasteiger partial charge < -0.3 is 14.8 Å². The summed E-state index contributed by atoms with van der Waals surface area (Å²) in [5.41, 5.74) is 0. The largest absolute Gasteiger partial charge is 0.342 e. The minimum Gasteiger partial charge on any atom is -0.342 e. The number of hydrogen-bond acceptors (Lipinski definition) is 5. The summed E-state index contributed by atoms with van der Waals surface area (Å²) in [5, 5.41) is 12.9. The van der Waals surface area contributed by atoms with Crippen LogP contribution in [0.15, 0.2) is 5.16 Å². The van der Waals surface area contributed by atoms with Crippen molar-refractivity contribution in [2.75, 3.05) is 31.9 Å². The van der Waals surface area contributed by atoms with Crippen molar-refractivity contribution in [3.05, 3.63) is 5.82 Å². The molecule has 0 bridgehead atoms. The van der Waals surface area contributed by atoms with Gasteiger partial charge in [0.15, 0.2) is 5.16 Å². The van der Waals surface area contributed by atoms with Gasteiger partial charge in [-0.1, -0.05) is 11.8 Å². The number of amides is 1. The summed E-state index contributed by atoms with van der Waals surface area (Å²) in [6.07, 6.45) is 4.63. The van der Waals surface area contributed by atoms with Crippen molar-refractivity contribution >= 4 is 17.7 Å². The van der Waals surface area contributed by atoms with Crippen LogP contribution in [-0.2, 0) is 11.8 Å². The molecule has 0 aromatic carbocycles. The van der Waals surface area contributed by atoms with Gasteiger partial charge in [0.25, 0.3) is 0 Å². The molecule has 6 nitrogen and oxygen atoms in total. The number of likely N-dealkylation sites (tertiary alicyclic amines) is 1. The van der Waals surface area contributed by atoms with E-state index in [9.17, 15) is 4.79 Å². The predicted octanol–water partition coefficient (Wildman–Crippen LogP) is 0.997. The van der Waals surface area contributed by atoms with E-state index in [1.54, 1.807) is 0 Å². The fraction of sp³-hybridized carbons (Fsp3) is 0.786. The number of thioether (sulfide) groups is 1. The van der Waals surface area contributed by atoms with Gasteiger partial charge in [-0.15, -0.1) is 10.2 Å². The van der Waals surface area contributed by atoms with Gasteiger partial charge in [0.1, 0.15) is 5.82 Å². The lowest BCUT2D eigenvalue weighted by Crippen LogP contribution is -2.30. The zero-order valence-electron chi connectivity index (χ0n) is 12.5. The van der Waals surface area contributed by atoms with E-state index in [0.29, 0.717) is 11.7 Å². The molecule has 3 rings (SSSR count). The second-order valence-electron chi connectivity index (χ2n) is 5.82. The molecule has 1 atom stereocenters. The highest BCUT2D eigenvalue weighted by atomic mass is 32.2. The molecule has 2 aliphatic heterocycles. The highest BCUT2D eigenvalue weighted by Gasteiger charge is 2.23. The number of piperidine rings is 1. The Kier molecular flexibility index (Phi) is 4.80. The average Bonchev–Trinajstić information content (AvgIpc) is 3.16. The molecule has 7 heteroatoms. The Morgan fingerprint density at radius 2 is 2.14 bits per heavy atom. The zero-order chi connectivity index (χ0) is 14.7. The maximum atomic E-state index is 12.1. The maximum Gasteiger partial charge on any atom is 0.233 e. The fourth-order valence-corrected chi connectivity index (χ4v) is 3.88. The molecule has 0 aliphatic carbocycles. The Morgan fingerprint density at radius 3 is 2.86 bits per heavy atom. The van der Waals surface area contributed by atoms with Crippen LogP contribution in [0.1, 0.15) is 37.4 Å². The van der Waals surface area contributed by atoms with E-state index < -0.39 is 0 Å². The van der Waals surface area contributed by atoms with Crippen molar-refractivity contribution in [2.45, 2.75) is 36.8 Å². The highest BCUT2D eigenvalue weighted by Crippen LogP contribution is 2.25. The molecule has 1 aromatic rings. The first-order valence-electron chi connectivity index (χ1n) is 7.76. The third kappa shape index (κ3) is 3.40. The predicted molar refractivity (Wildman–Crippen MR) is 82.4 cm³/mol. The smallest absolute Gasteiger partial charge is 0.233 e. The van der Waals surface area contributed by atoms with Crippen LogP contribution in [0.3, 0.4) is 0 Å². The Bertz CT molecular complexity index is 492. The number of rotatable bonds is 4. The number of carbonyl (C=O) groups is 1. The zero-order valence-corrected chi connectivity index (χ0v) is 13.4. The standard InChI is InChI=1S/C14H23N5OS/c1-18-13(11-5-4-6-15-9-11)16-17-14(18)21-10-12(20)19-7-2-3-8-19/h11,15H,2-10H2,1H3/t11-/m1/s1. The summed E-state index contributed by atoms with van der Waals surface area (Å²) in [4.78, 5) is 14.0. The van der Waals surface area contributed by atoms with Crippen molar-refractivity contribution in [1.82, 2.24) is 25.0 Å². The van der Waals surface area contributed by atoms with E-state index in [0.717, 1.165) is 56.4 Å². The van der Waals surface area contributed by atoms with Crippen LogP contribution < -0.4 is 5.32 Å². The van der Waals surface area contributed by atoms with Crippen LogP contribution in [0.4, 0.5) is 0 Å². The van der Waals surface area contributed by atoms with Crippen molar-refractivity contribution in [2.24, 2.45) is 7.05 Å². The molecule has 21 heavy (non-hydrogen) atoms. The number of carbonyl (C=O) groups excluding carboxylic acids is 1. The SMILES string of the molecule is Cn1c(SCC(=O)N2CCCC2)nnc1[C@@H]1CCCNC1. The Labute approximate surface area is 129 Å². The van der Waals surface area contributed by atoms with E-state index in [1.165, 1.54) is 18.2 Å². The summed E-state index contributed by atoms with van der Waals surface area (Å²) < 4.78 is 2.06. The quantitative estimate of drug-likeness (QED) is 0.841. The molecule has 1 N–H and O–H groups in total. The first kappa shape index (κ1) is 14.8. The van der Waals surface area contributed by atoms with Crippen molar-refractivity contribution < 1.29 is 4.79 Å². The van der Waals surface area contributed by atoms with Gasteiger partial charge in [-0.2, -0.15) is 0 Å². The molecule has 2 fully saturated rings. The fourth-order valence-electron chi connectivity index (χ4n) is 3.06. The van der Waals surface area contributed by atoms with Crippen molar-refractivity contribution in [3.63, 3.8) is 0 Å². The molecule has 2 saturated heterocycles. The van der Waals surface area contributed by atoms with Crippen LogP contribution in [0, 0.1) is 0 Å². The molecule has 3 heterocycles. The van der Waals surface area contributed by atoms with Gasteiger partial charge in [0, 0.05) is 32.6 Å². The summed E-state index contributed by atoms with van der Waals surface area (Å²) in [7, 11) is 2.01. The normalized spacial score (nSPS) is 22.7. The van der Waals surface area contributed by atoms with Crippen LogP contribution in [0.2, 0.25) is 0 Å². The van der Waals surface area contributed by atoms with E-state index in [2.05, 4.69) is 20.1 Å². The maximum absolute atomic E-state index is 12.1. The molecular weight excluding hydrogens is 286 g/mol. The second kappa shape index (κ2) is 6.79. The number of hydrogen-bond donors (Lipinski definition) is 1. The molecule has 0 unspecified atom stereocenters. The van der Waals surface area contributed by atoms with Gasteiger partial charge in [0.2, 0.25) is 5.91 Å². The third-order valence-electron chi connectivity index (χ3n) is 4.31. The molecule has 1 aromatic heterocycles. The molecule has 1 amide bonds. The minimum absolute atomic E-state index is 0.224. The summed E-state index contributed by atoms with van der Waals surface area (Å²) in [6, 6.07) is 0. The minimum atomic E-state index is 0.224. The van der Waals surface area contributed by atoms with Crippen LogP contribution >= 0.6 is 11.8 Å². The number of nitrogens with zero attached hydrogens (tertiary/aromatic N) is 4. The number of nitrogens with one attached hydrogen (secondary N) is 1. The second-order valence-corrected chi connectivity index (χ2v) is 6.76. The first-order chi connectivity index (χ1) is 10.3. The van der Waals surface area contributed by atoms with Crippen molar-refractivity contribution in [3.8, 4) is 0 Å². The lowest BCUT2D eigenvalue weighted by Gasteiger charge is -2.21. The Balaban J connectivity index is 1.58. The molecule has 0 radical (unpaired) electrons. The molecule has 2 aliphatic rings. The van der Waals surface area contributed by atoms with E-state index >= 15 is 0 Å². The topological polar surface area (TPSA) is 63.1 Å². The lowest BCUT2D eigenvalue weighted by atomic mass is 9.99. The van der Waals surface area contributed by atoms with Gasteiger partial charge in [-0.25, -0.2) is 0 Å². The molecular formula is C14H23N5OS. The van der Waals surface area contributed by atoms with Crippen molar-refractivity contribution in [1.29, 1.82) is 0 Å². The van der Waals surface area contributed by atoms with Crippen LogP contribution in [-0.4, -0.2) is 57.5 Å². The monoisotopic (exact) mass is 309 g/mol. The first-order valence-corrected chi connectivity index (χ1v) is 8.75. The summed E-state index contributed by atoms with van der Waals surface area (Å²) in [5.74, 6) is 2.18. The van der Waals surface area contributed by atoms with E-state index in [1.807, 2.05) is 11.9 Å². The Hall–Kier alpha value is -1.08. The van der Waals surface area contributed by atoms with Crippen LogP contribution in [0.5, 0.6) is 0 Å².